The fourth-order valence-corrected chi connectivity index (χ4v) is 4.92. The molecule has 0 bridgehead atoms. The molecular formula is C12H17O6PS. The quantitative estimate of drug-likeness (QED) is 0.632. The third kappa shape index (κ3) is 4.44. The van der Waals surface area contributed by atoms with Crippen LogP contribution in [0.2, 0.25) is 0 Å². The normalized spacial score (nSPS) is 17.1. The molecule has 0 spiro atoms. The van der Waals surface area contributed by atoms with E-state index in [2.05, 4.69) is 0 Å². The summed E-state index contributed by atoms with van der Waals surface area (Å²) in [5.74, 6) is -3.14. The standard InChI is InChI=1S/C12H17O6PS/c1-8(19(17,18)11-3-2-6-20-11)7-9(12(15)16)4-5-10(13)14/h2-3,6,8-9H,4-5,7H2,1H3,(H,13,14)(H,15,16)(H,17,18). The number of rotatable bonds is 8. The summed E-state index contributed by atoms with van der Waals surface area (Å²) >= 11 is 1.16. The second kappa shape index (κ2) is 7.02. The van der Waals surface area contributed by atoms with Crippen molar-refractivity contribution in [3.05, 3.63) is 17.5 Å². The molecule has 6 nitrogen and oxygen atoms in total. The van der Waals surface area contributed by atoms with E-state index in [0.717, 1.165) is 11.3 Å². The minimum Gasteiger partial charge on any atom is -0.481 e. The minimum atomic E-state index is -3.62. The topological polar surface area (TPSA) is 112 Å². The van der Waals surface area contributed by atoms with Gasteiger partial charge in [-0.1, -0.05) is 13.0 Å². The minimum absolute atomic E-state index is 0.0196. The van der Waals surface area contributed by atoms with Crippen LogP contribution >= 0.6 is 18.7 Å². The molecule has 8 heteroatoms. The van der Waals surface area contributed by atoms with Crippen LogP contribution in [0.1, 0.15) is 26.2 Å². The number of carboxylic acids is 2. The van der Waals surface area contributed by atoms with Crippen LogP contribution in [0.4, 0.5) is 0 Å². The largest absolute Gasteiger partial charge is 0.481 e. The van der Waals surface area contributed by atoms with Crippen LogP contribution in [0.25, 0.3) is 0 Å². The molecule has 3 N–H and O–H groups in total. The highest BCUT2D eigenvalue weighted by Crippen LogP contribution is 2.48. The molecule has 3 unspecified atom stereocenters. The molecule has 112 valence electrons. The molecule has 0 aliphatic heterocycles. The first-order chi connectivity index (χ1) is 9.25. The Bertz CT molecular complexity index is 512. The van der Waals surface area contributed by atoms with E-state index >= 15 is 0 Å². The molecule has 0 saturated carbocycles. The van der Waals surface area contributed by atoms with Crippen LogP contribution in [-0.2, 0) is 14.2 Å². The van der Waals surface area contributed by atoms with Crippen molar-refractivity contribution < 1.29 is 29.3 Å². The number of carbonyl (C=O) groups is 2. The summed E-state index contributed by atoms with van der Waals surface area (Å²) in [6.07, 6.45) is -0.327. The van der Waals surface area contributed by atoms with Gasteiger partial charge in [-0.25, -0.2) is 0 Å². The average Bonchev–Trinajstić information content (AvgIpc) is 2.87. The molecule has 0 amide bonds. The smallest absolute Gasteiger partial charge is 0.306 e. The number of hydrogen-bond donors (Lipinski definition) is 3. The summed E-state index contributed by atoms with van der Waals surface area (Å²) in [4.78, 5) is 31.7. The Hall–Kier alpha value is -1.17. The molecule has 1 aromatic rings. The van der Waals surface area contributed by atoms with Crippen molar-refractivity contribution in [1.29, 1.82) is 0 Å². The summed E-state index contributed by atoms with van der Waals surface area (Å²) in [5.41, 5.74) is -0.726. The van der Waals surface area contributed by atoms with Crippen LogP contribution < -0.4 is 4.62 Å². The van der Waals surface area contributed by atoms with E-state index in [1.165, 1.54) is 6.92 Å². The molecule has 0 fully saturated rings. The lowest BCUT2D eigenvalue weighted by Gasteiger charge is -2.21. The second-order valence-electron chi connectivity index (χ2n) is 4.63. The van der Waals surface area contributed by atoms with Crippen molar-refractivity contribution >= 4 is 35.3 Å². The van der Waals surface area contributed by atoms with Gasteiger partial charge in [-0.2, -0.15) is 0 Å². The predicted octanol–water partition coefficient (Wildman–Crippen LogP) is 1.99. The molecule has 0 aromatic carbocycles. The maximum Gasteiger partial charge on any atom is 0.306 e. The zero-order valence-electron chi connectivity index (χ0n) is 10.9. The highest BCUT2D eigenvalue weighted by atomic mass is 32.1. The summed E-state index contributed by atoms with van der Waals surface area (Å²) < 4.78 is 12.7. The fraction of sp³-hybridized carbons (Fsp3) is 0.500. The monoisotopic (exact) mass is 320 g/mol. The van der Waals surface area contributed by atoms with Crippen LogP contribution in [0.5, 0.6) is 0 Å². The van der Waals surface area contributed by atoms with E-state index in [4.69, 9.17) is 10.2 Å². The average molecular weight is 320 g/mol. The lowest BCUT2D eigenvalue weighted by Crippen LogP contribution is -2.22. The molecule has 0 aliphatic rings. The third-order valence-corrected chi connectivity index (χ3v) is 7.06. The lowest BCUT2D eigenvalue weighted by atomic mass is 9.98. The van der Waals surface area contributed by atoms with E-state index in [1.807, 2.05) is 0 Å². The molecule has 3 atom stereocenters. The number of aliphatic carboxylic acids is 2. The maximum atomic E-state index is 12.3. The van der Waals surface area contributed by atoms with Gasteiger partial charge in [-0.15, -0.1) is 11.3 Å². The van der Waals surface area contributed by atoms with E-state index < -0.39 is 30.9 Å². The Kier molecular flexibility index (Phi) is 5.92. The summed E-state index contributed by atoms with van der Waals surface area (Å²) in [6, 6.07) is 3.21. The van der Waals surface area contributed by atoms with Crippen molar-refractivity contribution in [3.63, 3.8) is 0 Å². The molecule has 0 radical (unpaired) electrons. The third-order valence-electron chi connectivity index (χ3n) is 3.10. The first-order valence-electron chi connectivity index (χ1n) is 6.06. The van der Waals surface area contributed by atoms with Crippen LogP contribution in [0, 0.1) is 5.92 Å². The van der Waals surface area contributed by atoms with Gasteiger partial charge in [0.25, 0.3) is 0 Å². The predicted molar refractivity (Wildman–Crippen MR) is 75.9 cm³/mol. The van der Waals surface area contributed by atoms with Crippen LogP contribution in [0.3, 0.4) is 0 Å². The first-order valence-corrected chi connectivity index (χ1v) is 8.67. The second-order valence-corrected chi connectivity index (χ2v) is 8.49. The Balaban J connectivity index is 2.75. The van der Waals surface area contributed by atoms with Crippen molar-refractivity contribution in [2.24, 2.45) is 5.92 Å². The Labute approximate surface area is 120 Å². The van der Waals surface area contributed by atoms with E-state index in [0.29, 0.717) is 4.62 Å². The van der Waals surface area contributed by atoms with Crippen LogP contribution in [-0.4, -0.2) is 32.7 Å². The van der Waals surface area contributed by atoms with Gasteiger partial charge in [0, 0.05) is 12.1 Å². The maximum absolute atomic E-state index is 12.3. The van der Waals surface area contributed by atoms with Gasteiger partial charge >= 0.3 is 11.9 Å². The SMILES string of the molecule is CC(CC(CCC(=O)O)C(=O)O)P(=O)(O)c1cccs1. The van der Waals surface area contributed by atoms with Gasteiger partial charge in [0.05, 0.1) is 10.5 Å². The first kappa shape index (κ1) is 16.9. The van der Waals surface area contributed by atoms with Gasteiger partial charge in [-0.05, 0) is 24.3 Å². The zero-order valence-corrected chi connectivity index (χ0v) is 12.6. The van der Waals surface area contributed by atoms with Crippen LogP contribution in [0.15, 0.2) is 17.5 Å². The highest BCUT2D eigenvalue weighted by molar-refractivity contribution is 7.72. The number of thiophene rings is 1. The van der Waals surface area contributed by atoms with Crippen molar-refractivity contribution in [2.45, 2.75) is 31.8 Å². The molecule has 0 saturated heterocycles. The molecular weight excluding hydrogens is 303 g/mol. The highest BCUT2D eigenvalue weighted by Gasteiger charge is 2.34. The van der Waals surface area contributed by atoms with E-state index in [1.54, 1.807) is 17.5 Å². The van der Waals surface area contributed by atoms with Crippen molar-refractivity contribution in [1.82, 2.24) is 0 Å². The summed E-state index contributed by atoms with van der Waals surface area (Å²) in [7, 11) is -3.62. The number of carboxylic acid groups (broad SMARTS) is 2. The molecule has 1 rings (SSSR count). The van der Waals surface area contributed by atoms with Gasteiger partial charge in [0.15, 0.2) is 0 Å². The fourth-order valence-electron chi connectivity index (χ4n) is 1.86. The molecule has 20 heavy (non-hydrogen) atoms. The Morgan fingerprint density at radius 1 is 1.40 bits per heavy atom. The van der Waals surface area contributed by atoms with E-state index in [9.17, 15) is 19.0 Å². The van der Waals surface area contributed by atoms with Gasteiger partial charge in [-0.3, -0.25) is 14.2 Å². The van der Waals surface area contributed by atoms with Crippen molar-refractivity contribution in [2.75, 3.05) is 0 Å². The van der Waals surface area contributed by atoms with Gasteiger partial charge < -0.3 is 15.1 Å². The Morgan fingerprint density at radius 3 is 2.50 bits per heavy atom. The Morgan fingerprint density at radius 2 is 2.05 bits per heavy atom. The number of hydrogen-bond acceptors (Lipinski definition) is 4. The molecule has 0 aliphatic carbocycles. The van der Waals surface area contributed by atoms with E-state index in [-0.39, 0.29) is 19.3 Å². The van der Waals surface area contributed by atoms with Gasteiger partial charge in [0.1, 0.15) is 0 Å². The summed E-state index contributed by atoms with van der Waals surface area (Å²) in [5, 5.41) is 19.3. The van der Waals surface area contributed by atoms with Gasteiger partial charge in [0.2, 0.25) is 7.37 Å². The molecule has 1 aromatic heterocycles. The molecule has 1 heterocycles. The van der Waals surface area contributed by atoms with Crippen molar-refractivity contribution in [3.8, 4) is 0 Å². The summed E-state index contributed by atoms with van der Waals surface area (Å²) in [6.45, 7) is 1.53. The zero-order chi connectivity index (χ0) is 15.3. The lowest BCUT2D eigenvalue weighted by molar-refractivity contribution is -0.143.